The highest BCUT2D eigenvalue weighted by atomic mass is 28.3. The molecule has 2 aromatic carbocycles. The van der Waals surface area contributed by atoms with E-state index in [-0.39, 0.29) is 0 Å². The van der Waals surface area contributed by atoms with Crippen LogP contribution in [0.15, 0.2) is 61.2 Å². The van der Waals surface area contributed by atoms with Crippen LogP contribution in [0.2, 0.25) is 13.1 Å². The Morgan fingerprint density at radius 1 is 0.944 bits per heavy atom. The van der Waals surface area contributed by atoms with E-state index in [9.17, 15) is 0 Å². The highest BCUT2D eigenvalue weighted by Gasteiger charge is 2.24. The summed E-state index contributed by atoms with van der Waals surface area (Å²) in [5.74, 6) is 0. The molecule has 0 fully saturated rings. The predicted molar refractivity (Wildman–Crippen MR) is 83.8 cm³/mol. The fourth-order valence-corrected chi connectivity index (χ4v) is 4.94. The van der Waals surface area contributed by atoms with E-state index in [1.807, 2.05) is 6.08 Å². The summed E-state index contributed by atoms with van der Waals surface area (Å²) in [6.45, 7) is 8.78. The molecule has 92 valence electrons. The van der Waals surface area contributed by atoms with Crippen LogP contribution >= 0.6 is 0 Å². The van der Waals surface area contributed by atoms with Gasteiger partial charge in [-0.05, 0) is 17.2 Å². The van der Waals surface area contributed by atoms with Crippen LogP contribution in [0.25, 0.3) is 6.08 Å². The molecule has 0 aromatic heterocycles. The summed E-state index contributed by atoms with van der Waals surface area (Å²) in [5, 5.41) is 1.52. The van der Waals surface area contributed by atoms with Crippen LogP contribution in [0.3, 0.4) is 0 Å². The van der Waals surface area contributed by atoms with Crippen molar-refractivity contribution in [1.29, 1.82) is 0 Å². The topological polar surface area (TPSA) is 0 Å². The maximum Gasteiger partial charge on any atom is 0.0849 e. The molecule has 0 bridgehead atoms. The van der Waals surface area contributed by atoms with Crippen LogP contribution in [0.1, 0.15) is 11.1 Å². The molecular weight excluding hydrogens is 232 g/mol. The SMILES string of the molecule is C=Cc1ccccc1C[Si](C)(C)c1ccccc1. The monoisotopic (exact) mass is 252 g/mol. The first-order valence-electron chi connectivity index (χ1n) is 6.39. The van der Waals surface area contributed by atoms with E-state index in [4.69, 9.17) is 0 Å². The van der Waals surface area contributed by atoms with Crippen molar-refractivity contribution in [1.82, 2.24) is 0 Å². The van der Waals surface area contributed by atoms with Gasteiger partial charge in [-0.1, -0.05) is 85.5 Å². The van der Waals surface area contributed by atoms with Crippen molar-refractivity contribution < 1.29 is 0 Å². The summed E-state index contributed by atoms with van der Waals surface area (Å²) in [6, 6.07) is 20.7. The predicted octanol–water partition coefficient (Wildman–Crippen LogP) is 4.03. The zero-order valence-electron chi connectivity index (χ0n) is 11.2. The third-order valence-corrected chi connectivity index (χ3v) is 6.62. The van der Waals surface area contributed by atoms with Gasteiger partial charge in [0.1, 0.15) is 0 Å². The van der Waals surface area contributed by atoms with Crippen molar-refractivity contribution in [2.75, 3.05) is 0 Å². The minimum Gasteiger partial charge on any atom is -0.0985 e. The molecule has 0 radical (unpaired) electrons. The van der Waals surface area contributed by atoms with Gasteiger partial charge in [0, 0.05) is 0 Å². The van der Waals surface area contributed by atoms with Gasteiger partial charge in [0.2, 0.25) is 0 Å². The van der Waals surface area contributed by atoms with E-state index >= 15 is 0 Å². The average Bonchev–Trinajstić information content (AvgIpc) is 2.40. The molecule has 0 N–H and O–H groups in total. The fraction of sp³-hybridized carbons (Fsp3) is 0.176. The van der Waals surface area contributed by atoms with Crippen LogP contribution in [0, 0.1) is 0 Å². The maximum atomic E-state index is 3.91. The Hall–Kier alpha value is -1.60. The maximum absolute atomic E-state index is 3.91. The van der Waals surface area contributed by atoms with Crippen LogP contribution in [0.4, 0.5) is 0 Å². The molecule has 0 nitrogen and oxygen atoms in total. The molecule has 0 heterocycles. The van der Waals surface area contributed by atoms with Crippen LogP contribution < -0.4 is 5.19 Å². The molecule has 1 heteroatoms. The smallest absolute Gasteiger partial charge is 0.0849 e. The molecule has 0 aliphatic rings. The Balaban J connectivity index is 2.30. The summed E-state index contributed by atoms with van der Waals surface area (Å²) in [6.07, 6.45) is 1.96. The molecule has 0 unspecified atom stereocenters. The van der Waals surface area contributed by atoms with Crippen molar-refractivity contribution in [2.24, 2.45) is 0 Å². The van der Waals surface area contributed by atoms with Gasteiger partial charge in [-0.15, -0.1) is 0 Å². The van der Waals surface area contributed by atoms with Gasteiger partial charge >= 0.3 is 0 Å². The highest BCUT2D eigenvalue weighted by molar-refractivity contribution is 6.89. The van der Waals surface area contributed by atoms with Gasteiger partial charge in [0.05, 0.1) is 8.07 Å². The first kappa shape index (κ1) is 12.8. The van der Waals surface area contributed by atoms with E-state index in [1.54, 1.807) is 0 Å². The average molecular weight is 252 g/mol. The zero-order valence-corrected chi connectivity index (χ0v) is 12.2. The number of benzene rings is 2. The minimum absolute atomic E-state index is 1.17. The van der Waals surface area contributed by atoms with Crippen molar-refractivity contribution in [2.45, 2.75) is 19.1 Å². The Kier molecular flexibility index (Phi) is 3.83. The molecule has 0 saturated heterocycles. The first-order valence-corrected chi connectivity index (χ1v) is 9.60. The summed E-state index contributed by atoms with van der Waals surface area (Å²) in [4.78, 5) is 0. The summed E-state index contributed by atoms with van der Waals surface area (Å²) in [7, 11) is -1.42. The van der Waals surface area contributed by atoms with Crippen molar-refractivity contribution >= 4 is 19.3 Å². The van der Waals surface area contributed by atoms with Gasteiger partial charge in [0.15, 0.2) is 0 Å². The molecule has 0 saturated carbocycles. The molecule has 2 rings (SSSR count). The minimum atomic E-state index is -1.42. The van der Waals surface area contributed by atoms with Crippen molar-refractivity contribution in [3.63, 3.8) is 0 Å². The molecular formula is C17H20Si. The normalized spacial score (nSPS) is 11.2. The summed E-state index contributed by atoms with van der Waals surface area (Å²) < 4.78 is 0. The lowest BCUT2D eigenvalue weighted by Crippen LogP contribution is -2.44. The summed E-state index contributed by atoms with van der Waals surface area (Å²) >= 11 is 0. The standard InChI is InChI=1S/C17H20Si/c1-4-15-10-8-9-11-16(15)14-18(2,3)17-12-6-5-7-13-17/h4-13H,1,14H2,2-3H3. The van der Waals surface area contributed by atoms with Crippen LogP contribution in [-0.2, 0) is 6.04 Å². The number of hydrogen-bond donors (Lipinski definition) is 0. The Bertz CT molecular complexity index is 526. The zero-order chi connectivity index (χ0) is 13.0. The number of hydrogen-bond acceptors (Lipinski definition) is 0. The fourth-order valence-electron chi connectivity index (χ4n) is 2.36. The Labute approximate surface area is 111 Å². The molecule has 0 aliphatic heterocycles. The third-order valence-electron chi connectivity index (χ3n) is 3.46. The number of rotatable bonds is 4. The van der Waals surface area contributed by atoms with E-state index in [2.05, 4.69) is 74.3 Å². The molecule has 18 heavy (non-hydrogen) atoms. The lowest BCUT2D eigenvalue weighted by atomic mass is 10.1. The van der Waals surface area contributed by atoms with E-state index in [0.717, 1.165) is 0 Å². The van der Waals surface area contributed by atoms with Crippen LogP contribution in [0.5, 0.6) is 0 Å². The van der Waals surface area contributed by atoms with Crippen molar-refractivity contribution in [3.8, 4) is 0 Å². The largest absolute Gasteiger partial charge is 0.0985 e. The van der Waals surface area contributed by atoms with E-state index in [0.29, 0.717) is 0 Å². The lowest BCUT2D eigenvalue weighted by molar-refractivity contribution is 1.31. The second kappa shape index (κ2) is 5.36. The third kappa shape index (κ3) is 2.80. The molecule has 0 amide bonds. The second-order valence-corrected chi connectivity index (χ2v) is 10.0. The molecule has 0 atom stereocenters. The molecule has 0 aliphatic carbocycles. The molecule has 0 spiro atoms. The van der Waals surface area contributed by atoms with Gasteiger partial charge < -0.3 is 0 Å². The van der Waals surface area contributed by atoms with Gasteiger partial charge in [-0.25, -0.2) is 0 Å². The summed E-state index contributed by atoms with van der Waals surface area (Å²) in [5.41, 5.74) is 2.70. The van der Waals surface area contributed by atoms with Crippen molar-refractivity contribution in [3.05, 3.63) is 72.3 Å². The Morgan fingerprint density at radius 3 is 2.22 bits per heavy atom. The Morgan fingerprint density at radius 2 is 1.56 bits per heavy atom. The molecule has 2 aromatic rings. The van der Waals surface area contributed by atoms with Gasteiger partial charge in [-0.2, -0.15) is 0 Å². The van der Waals surface area contributed by atoms with Crippen LogP contribution in [-0.4, -0.2) is 8.07 Å². The van der Waals surface area contributed by atoms with E-state index < -0.39 is 8.07 Å². The quantitative estimate of drug-likeness (QED) is 0.721. The first-order chi connectivity index (χ1) is 8.63. The van der Waals surface area contributed by atoms with E-state index in [1.165, 1.54) is 22.4 Å². The highest BCUT2D eigenvalue weighted by Crippen LogP contribution is 2.17. The van der Waals surface area contributed by atoms with Gasteiger partial charge in [0.25, 0.3) is 0 Å². The van der Waals surface area contributed by atoms with Gasteiger partial charge in [-0.3, -0.25) is 0 Å². The second-order valence-electron chi connectivity index (χ2n) is 5.33. The lowest BCUT2D eigenvalue weighted by Gasteiger charge is -2.24.